The van der Waals surface area contributed by atoms with Gasteiger partial charge in [-0.05, 0) is 32.9 Å². The van der Waals surface area contributed by atoms with E-state index in [0.717, 1.165) is 5.75 Å². The predicted molar refractivity (Wildman–Crippen MR) is 58.5 cm³/mol. The van der Waals surface area contributed by atoms with E-state index in [4.69, 9.17) is 0 Å². The highest BCUT2D eigenvalue weighted by atomic mass is 79.9. The van der Waals surface area contributed by atoms with E-state index in [0.29, 0.717) is 0 Å². The lowest BCUT2D eigenvalue weighted by Gasteiger charge is -2.21. The lowest BCUT2D eigenvalue weighted by molar-refractivity contribution is 1.41. The molecule has 1 rings (SSSR count). The second-order valence-corrected chi connectivity index (χ2v) is 11.4. The molecule has 0 N–H and O–H groups in total. The molecule has 0 saturated heterocycles. The molecule has 62 valence electrons. The van der Waals surface area contributed by atoms with Crippen LogP contribution in [-0.4, -0.2) is 12.5 Å². The Morgan fingerprint density at radius 2 is 1.73 bits per heavy atom. The van der Waals surface area contributed by atoms with E-state index >= 15 is 0 Å². The van der Waals surface area contributed by atoms with Crippen molar-refractivity contribution in [3.05, 3.63) is 35.9 Å². The number of hydrogen-bond acceptors (Lipinski definition) is 0. The molecule has 0 unspecified atom stereocenters. The van der Waals surface area contributed by atoms with Gasteiger partial charge in [-0.15, -0.1) is 0 Å². The molecule has 0 aliphatic rings. The highest BCUT2D eigenvalue weighted by Gasteiger charge is 2.06. The van der Waals surface area contributed by atoms with Crippen LogP contribution < -0.4 is 0 Å². The first kappa shape index (κ1) is 9.14. The molecule has 0 spiro atoms. The summed E-state index contributed by atoms with van der Waals surface area (Å²) in [5.74, 6) is 1.16. The zero-order valence-electron chi connectivity index (χ0n) is 6.88. The Bertz CT molecular complexity index is 213. The van der Waals surface area contributed by atoms with Gasteiger partial charge in [-0.2, -0.15) is 8.46 Å². The maximum atomic E-state index is 3.70. The third kappa shape index (κ3) is 3.82. The van der Waals surface area contributed by atoms with Crippen LogP contribution in [0.2, 0.25) is 0 Å². The van der Waals surface area contributed by atoms with E-state index in [2.05, 4.69) is 57.7 Å². The zero-order chi connectivity index (χ0) is 8.32. The van der Waals surface area contributed by atoms with Gasteiger partial charge in [0.1, 0.15) is 0 Å². The topological polar surface area (TPSA) is 0 Å². The summed E-state index contributed by atoms with van der Waals surface area (Å²) in [7, 11) is -0.565. The molecule has 0 radical (unpaired) electrons. The normalized spacial score (nSPS) is 13.0. The van der Waals surface area contributed by atoms with Crippen LogP contribution >= 0.6 is 23.3 Å². The maximum Gasteiger partial charge on any atom is 0.0110 e. The van der Waals surface area contributed by atoms with Crippen molar-refractivity contribution >= 4 is 23.3 Å². The fourth-order valence-electron chi connectivity index (χ4n) is 0.971. The van der Waals surface area contributed by atoms with Gasteiger partial charge in [0.05, 0.1) is 0 Å². The molecule has 2 heteroatoms. The van der Waals surface area contributed by atoms with E-state index in [1.807, 2.05) is 0 Å². The Kier molecular flexibility index (Phi) is 3.02. The smallest absolute Gasteiger partial charge is 0.0110 e. The van der Waals surface area contributed by atoms with Gasteiger partial charge in [0.2, 0.25) is 0 Å². The van der Waals surface area contributed by atoms with Gasteiger partial charge in [0.25, 0.3) is 0 Å². The van der Waals surface area contributed by atoms with Crippen molar-refractivity contribution in [3.8, 4) is 0 Å². The molecule has 0 amide bonds. The average molecular weight is 233 g/mol. The quantitative estimate of drug-likeness (QED) is 0.732. The van der Waals surface area contributed by atoms with Crippen LogP contribution in [0.25, 0.3) is 0 Å². The molecule has 0 bridgehead atoms. The van der Waals surface area contributed by atoms with Crippen LogP contribution in [0.5, 0.6) is 0 Å². The summed E-state index contributed by atoms with van der Waals surface area (Å²) in [6.45, 7) is 0. The molecule has 0 aliphatic heterocycles. The van der Waals surface area contributed by atoms with Crippen molar-refractivity contribution in [1.82, 2.24) is 0 Å². The van der Waals surface area contributed by atoms with Crippen LogP contribution in [0.4, 0.5) is 0 Å². The Balaban J connectivity index is 2.66. The van der Waals surface area contributed by atoms with Crippen molar-refractivity contribution in [2.24, 2.45) is 0 Å². The minimum atomic E-state index is -0.565. The van der Waals surface area contributed by atoms with Gasteiger partial charge in [-0.25, -0.2) is 0 Å². The van der Waals surface area contributed by atoms with Crippen LogP contribution in [0.1, 0.15) is 5.56 Å². The van der Waals surface area contributed by atoms with E-state index in [1.165, 1.54) is 5.56 Å². The molecule has 0 aromatic heterocycles. The summed E-state index contributed by atoms with van der Waals surface area (Å²) < 4.78 is 0. The van der Waals surface area contributed by atoms with Crippen LogP contribution in [0.15, 0.2) is 30.3 Å². The average Bonchev–Trinajstić information content (AvgIpc) is 1.85. The summed E-state index contributed by atoms with van der Waals surface area (Å²) in [4.78, 5) is 0. The Hall–Kier alpha value is 0.0500. The standard InChI is InChI=1S/C9H13BrS/c1-11(2,10)8-9-6-4-3-5-7-9/h3-7H,8H2,1-2H3. The lowest BCUT2D eigenvalue weighted by Crippen LogP contribution is -1.89. The molecular formula is C9H13BrS. The first-order valence-corrected chi connectivity index (χ1v) is 7.99. The third-order valence-electron chi connectivity index (χ3n) is 1.35. The van der Waals surface area contributed by atoms with Crippen molar-refractivity contribution in [1.29, 1.82) is 0 Å². The predicted octanol–water partition coefficient (Wildman–Crippen LogP) is 3.56. The molecule has 1 aromatic carbocycles. The molecule has 0 saturated carbocycles. The highest BCUT2D eigenvalue weighted by Crippen LogP contribution is 2.50. The summed E-state index contributed by atoms with van der Waals surface area (Å²) in [6, 6.07) is 10.6. The van der Waals surface area contributed by atoms with Crippen molar-refractivity contribution in [2.75, 3.05) is 12.5 Å². The number of benzene rings is 1. The second kappa shape index (κ2) is 3.63. The third-order valence-corrected chi connectivity index (χ3v) is 3.06. The molecule has 0 aliphatic carbocycles. The molecule has 0 atom stereocenters. The van der Waals surface area contributed by atoms with E-state index in [1.54, 1.807) is 0 Å². The van der Waals surface area contributed by atoms with Crippen molar-refractivity contribution in [2.45, 2.75) is 5.75 Å². The number of halogens is 1. The molecule has 1 aromatic rings. The van der Waals surface area contributed by atoms with E-state index in [-0.39, 0.29) is 0 Å². The highest BCUT2D eigenvalue weighted by molar-refractivity contribution is 9.57. The van der Waals surface area contributed by atoms with Gasteiger partial charge in [0, 0.05) is 5.75 Å². The van der Waals surface area contributed by atoms with Gasteiger partial charge >= 0.3 is 0 Å². The first-order chi connectivity index (χ1) is 5.08. The molecule has 0 heterocycles. The Morgan fingerprint density at radius 3 is 2.18 bits per heavy atom. The fraction of sp³-hybridized carbons (Fsp3) is 0.333. The van der Waals surface area contributed by atoms with Gasteiger partial charge < -0.3 is 0 Å². The molecule has 11 heavy (non-hydrogen) atoms. The Morgan fingerprint density at radius 1 is 1.18 bits per heavy atom. The van der Waals surface area contributed by atoms with Crippen molar-refractivity contribution in [3.63, 3.8) is 0 Å². The largest absolute Gasteiger partial charge is 0.185 e. The first-order valence-electron chi connectivity index (χ1n) is 3.52. The molecular weight excluding hydrogens is 220 g/mol. The Labute approximate surface area is 77.5 Å². The van der Waals surface area contributed by atoms with Crippen LogP contribution in [0, 0.1) is 0 Å². The summed E-state index contributed by atoms with van der Waals surface area (Å²) in [5, 5.41) is 0. The zero-order valence-corrected chi connectivity index (χ0v) is 9.28. The molecule has 0 fully saturated rings. The SMILES string of the molecule is CS(C)(Br)Cc1ccccc1. The minimum absolute atomic E-state index is 0.565. The summed E-state index contributed by atoms with van der Waals surface area (Å²) in [6.07, 6.45) is 4.53. The summed E-state index contributed by atoms with van der Waals surface area (Å²) in [5.41, 5.74) is 1.42. The fourth-order valence-corrected chi connectivity index (χ4v) is 2.75. The van der Waals surface area contributed by atoms with Crippen LogP contribution in [-0.2, 0) is 5.75 Å². The second-order valence-electron chi connectivity index (χ2n) is 3.03. The lowest BCUT2D eigenvalue weighted by atomic mass is 10.2. The van der Waals surface area contributed by atoms with Crippen LogP contribution in [0.3, 0.4) is 0 Å². The monoisotopic (exact) mass is 232 g/mol. The number of rotatable bonds is 2. The summed E-state index contributed by atoms with van der Waals surface area (Å²) >= 11 is 3.70. The van der Waals surface area contributed by atoms with E-state index in [9.17, 15) is 0 Å². The minimum Gasteiger partial charge on any atom is -0.185 e. The van der Waals surface area contributed by atoms with E-state index < -0.39 is 8.46 Å². The number of hydrogen-bond donors (Lipinski definition) is 0. The van der Waals surface area contributed by atoms with Gasteiger partial charge in [0.15, 0.2) is 0 Å². The molecule has 0 nitrogen and oxygen atoms in total. The maximum absolute atomic E-state index is 3.70. The van der Waals surface area contributed by atoms with Gasteiger partial charge in [-0.3, -0.25) is 0 Å². The van der Waals surface area contributed by atoms with Crippen molar-refractivity contribution < 1.29 is 0 Å². The van der Waals surface area contributed by atoms with Gasteiger partial charge in [-0.1, -0.05) is 30.3 Å².